The van der Waals surface area contributed by atoms with Gasteiger partial charge in [0.1, 0.15) is 17.9 Å². The van der Waals surface area contributed by atoms with E-state index in [9.17, 15) is 19.7 Å². The summed E-state index contributed by atoms with van der Waals surface area (Å²) in [4.78, 5) is 34.7. The van der Waals surface area contributed by atoms with Gasteiger partial charge in [-0.05, 0) is 23.8 Å². The van der Waals surface area contributed by atoms with Crippen molar-refractivity contribution in [1.29, 1.82) is 0 Å². The van der Waals surface area contributed by atoms with Gasteiger partial charge < -0.3 is 14.8 Å². The zero-order valence-electron chi connectivity index (χ0n) is 16.1. The highest BCUT2D eigenvalue weighted by molar-refractivity contribution is 6.34. The van der Waals surface area contributed by atoms with Crippen molar-refractivity contribution in [2.45, 2.75) is 6.61 Å². The zero-order chi connectivity index (χ0) is 22.2. The zero-order valence-corrected chi connectivity index (χ0v) is 16.9. The number of hydrogen-bond acceptors (Lipinski definition) is 6. The van der Waals surface area contributed by atoms with Crippen LogP contribution in [0.1, 0.15) is 15.9 Å². The molecule has 0 heterocycles. The number of amides is 1. The molecule has 9 heteroatoms. The van der Waals surface area contributed by atoms with Gasteiger partial charge in [0.25, 0.3) is 11.6 Å². The lowest BCUT2D eigenvalue weighted by atomic mass is 10.2. The number of esters is 1. The number of nitrogens with one attached hydrogen (secondary N) is 1. The maximum Gasteiger partial charge on any atom is 0.342 e. The minimum atomic E-state index is -0.728. The van der Waals surface area contributed by atoms with Crippen LogP contribution in [0, 0.1) is 10.1 Å². The van der Waals surface area contributed by atoms with E-state index in [0.717, 1.165) is 11.6 Å². The third kappa shape index (κ3) is 6.03. The topological polar surface area (TPSA) is 108 Å². The number of halogens is 1. The van der Waals surface area contributed by atoms with E-state index in [4.69, 9.17) is 21.1 Å². The molecular weight excluding hydrogens is 424 g/mol. The van der Waals surface area contributed by atoms with E-state index in [1.54, 1.807) is 18.2 Å². The van der Waals surface area contributed by atoms with Crippen LogP contribution in [0.15, 0.2) is 72.8 Å². The van der Waals surface area contributed by atoms with Crippen molar-refractivity contribution in [1.82, 2.24) is 0 Å². The van der Waals surface area contributed by atoms with Gasteiger partial charge in [-0.2, -0.15) is 0 Å². The van der Waals surface area contributed by atoms with Gasteiger partial charge in [-0.15, -0.1) is 0 Å². The fourth-order valence-electron chi connectivity index (χ4n) is 2.61. The lowest BCUT2D eigenvalue weighted by molar-refractivity contribution is -0.384. The maximum atomic E-state index is 12.4. The Labute approximate surface area is 182 Å². The molecule has 0 radical (unpaired) electrons. The summed E-state index contributed by atoms with van der Waals surface area (Å²) in [5.74, 6) is -1.05. The minimum absolute atomic E-state index is 0.00599. The Hall–Kier alpha value is -3.91. The molecule has 0 unspecified atom stereocenters. The van der Waals surface area contributed by atoms with E-state index in [-0.39, 0.29) is 28.6 Å². The molecule has 0 bridgehead atoms. The predicted octanol–water partition coefficient (Wildman–Crippen LogP) is 4.62. The normalized spacial score (nSPS) is 10.2. The summed E-state index contributed by atoms with van der Waals surface area (Å²) in [6, 6.07) is 19.6. The first kappa shape index (κ1) is 21.8. The van der Waals surface area contributed by atoms with E-state index in [0.29, 0.717) is 5.75 Å². The molecule has 8 nitrogen and oxygen atoms in total. The van der Waals surface area contributed by atoms with Crippen LogP contribution < -0.4 is 10.1 Å². The number of benzene rings is 3. The van der Waals surface area contributed by atoms with Crippen LogP contribution in [0.5, 0.6) is 5.75 Å². The minimum Gasteiger partial charge on any atom is -0.488 e. The van der Waals surface area contributed by atoms with E-state index in [1.165, 1.54) is 18.2 Å². The fourth-order valence-corrected chi connectivity index (χ4v) is 2.83. The highest BCUT2D eigenvalue weighted by Gasteiger charge is 2.17. The van der Waals surface area contributed by atoms with Crippen molar-refractivity contribution < 1.29 is 24.0 Å². The van der Waals surface area contributed by atoms with Crippen LogP contribution in [0.2, 0.25) is 5.02 Å². The third-order valence-corrected chi connectivity index (χ3v) is 4.43. The predicted molar refractivity (Wildman–Crippen MR) is 114 cm³/mol. The Morgan fingerprint density at radius 3 is 2.42 bits per heavy atom. The number of hydrogen-bond donors (Lipinski definition) is 1. The van der Waals surface area contributed by atoms with Crippen LogP contribution in [0.4, 0.5) is 11.4 Å². The molecule has 0 saturated carbocycles. The summed E-state index contributed by atoms with van der Waals surface area (Å²) in [5, 5.41) is 13.2. The van der Waals surface area contributed by atoms with Crippen molar-refractivity contribution in [2.75, 3.05) is 11.9 Å². The molecular formula is C22H17ClN2O6. The van der Waals surface area contributed by atoms with Gasteiger partial charge in [0.2, 0.25) is 0 Å². The highest BCUT2D eigenvalue weighted by atomic mass is 35.5. The monoisotopic (exact) mass is 440 g/mol. The highest BCUT2D eigenvalue weighted by Crippen LogP contribution is 2.26. The van der Waals surface area contributed by atoms with Crippen molar-refractivity contribution >= 4 is 34.9 Å². The Bertz CT molecular complexity index is 1100. The number of nitro groups is 1. The first-order chi connectivity index (χ1) is 14.9. The van der Waals surface area contributed by atoms with E-state index in [2.05, 4.69) is 5.32 Å². The first-order valence-corrected chi connectivity index (χ1v) is 9.48. The van der Waals surface area contributed by atoms with Crippen LogP contribution >= 0.6 is 11.6 Å². The number of anilines is 1. The summed E-state index contributed by atoms with van der Waals surface area (Å²) in [6.07, 6.45) is 0. The number of carbonyl (C=O) groups is 2. The maximum absolute atomic E-state index is 12.4. The number of carbonyl (C=O) groups excluding carboxylic acids is 2. The largest absolute Gasteiger partial charge is 0.488 e. The molecule has 31 heavy (non-hydrogen) atoms. The number of nitro benzene ring substituents is 1. The molecule has 0 spiro atoms. The van der Waals surface area contributed by atoms with Gasteiger partial charge in [0, 0.05) is 12.1 Å². The van der Waals surface area contributed by atoms with Gasteiger partial charge in [0.05, 0.1) is 15.6 Å². The number of ether oxygens (including phenoxy) is 2. The number of nitrogens with zero attached hydrogens (tertiary/aromatic N) is 1. The van der Waals surface area contributed by atoms with Crippen molar-refractivity contribution in [3.05, 3.63) is 99.1 Å². The molecule has 1 N–H and O–H groups in total. The number of non-ortho nitro benzene ring substituents is 1. The van der Waals surface area contributed by atoms with Crippen LogP contribution in [0.25, 0.3) is 0 Å². The van der Waals surface area contributed by atoms with E-state index >= 15 is 0 Å². The SMILES string of the molecule is O=C(COC(=O)c1ccccc1OCc1ccccc1)Nc1ccc([N+](=O)[O-])cc1Cl. The van der Waals surface area contributed by atoms with E-state index < -0.39 is 23.4 Å². The van der Waals surface area contributed by atoms with Crippen LogP contribution in [-0.2, 0) is 16.1 Å². The number of para-hydroxylation sites is 1. The quantitative estimate of drug-likeness (QED) is 0.311. The second kappa shape index (κ2) is 10.2. The Kier molecular flexibility index (Phi) is 7.18. The molecule has 0 aromatic heterocycles. The summed E-state index contributed by atoms with van der Waals surface area (Å²) in [5.41, 5.74) is 1.08. The molecule has 158 valence electrons. The summed E-state index contributed by atoms with van der Waals surface area (Å²) in [7, 11) is 0. The summed E-state index contributed by atoms with van der Waals surface area (Å²) in [6.45, 7) is -0.302. The summed E-state index contributed by atoms with van der Waals surface area (Å²) >= 11 is 5.94. The molecule has 0 aliphatic heterocycles. The lowest BCUT2D eigenvalue weighted by Gasteiger charge is -2.12. The molecule has 3 aromatic carbocycles. The van der Waals surface area contributed by atoms with Gasteiger partial charge in [0.15, 0.2) is 6.61 Å². The first-order valence-electron chi connectivity index (χ1n) is 9.10. The fraction of sp³-hybridized carbons (Fsp3) is 0.0909. The molecule has 0 atom stereocenters. The van der Waals surface area contributed by atoms with Crippen LogP contribution in [0.3, 0.4) is 0 Å². The second-order valence-corrected chi connectivity index (χ2v) is 6.72. The summed E-state index contributed by atoms with van der Waals surface area (Å²) < 4.78 is 10.8. The van der Waals surface area contributed by atoms with Gasteiger partial charge in [-0.25, -0.2) is 4.79 Å². The molecule has 0 aliphatic rings. The lowest BCUT2D eigenvalue weighted by Crippen LogP contribution is -2.21. The van der Waals surface area contributed by atoms with E-state index in [1.807, 2.05) is 30.3 Å². The molecule has 3 aromatic rings. The average Bonchev–Trinajstić information content (AvgIpc) is 2.78. The van der Waals surface area contributed by atoms with Crippen molar-refractivity contribution in [2.24, 2.45) is 0 Å². The van der Waals surface area contributed by atoms with Crippen LogP contribution in [-0.4, -0.2) is 23.4 Å². The molecule has 3 rings (SSSR count). The third-order valence-electron chi connectivity index (χ3n) is 4.12. The second-order valence-electron chi connectivity index (χ2n) is 6.32. The Morgan fingerprint density at radius 2 is 1.71 bits per heavy atom. The van der Waals surface area contributed by atoms with Gasteiger partial charge in [-0.1, -0.05) is 54.1 Å². The standard InChI is InChI=1S/C22H17ClN2O6/c23-18-12-16(25(28)29)10-11-19(18)24-21(26)14-31-22(27)17-8-4-5-9-20(17)30-13-15-6-2-1-3-7-15/h1-12H,13-14H2,(H,24,26). The molecule has 1 amide bonds. The Morgan fingerprint density at radius 1 is 1.00 bits per heavy atom. The number of rotatable bonds is 8. The smallest absolute Gasteiger partial charge is 0.342 e. The molecule has 0 aliphatic carbocycles. The van der Waals surface area contributed by atoms with Crippen molar-refractivity contribution in [3.63, 3.8) is 0 Å². The molecule has 0 fully saturated rings. The Balaban J connectivity index is 1.58. The van der Waals surface area contributed by atoms with Crippen molar-refractivity contribution in [3.8, 4) is 5.75 Å². The van der Waals surface area contributed by atoms with Gasteiger partial charge >= 0.3 is 5.97 Å². The molecule has 0 saturated heterocycles. The average molecular weight is 441 g/mol. The van der Waals surface area contributed by atoms with Gasteiger partial charge in [-0.3, -0.25) is 14.9 Å².